The van der Waals surface area contributed by atoms with Crippen LogP contribution in [0.4, 0.5) is 5.82 Å². The van der Waals surface area contributed by atoms with E-state index < -0.39 is 0 Å². The van der Waals surface area contributed by atoms with Gasteiger partial charge in [-0.05, 0) is 25.1 Å². The Hall–Kier alpha value is -1.42. The molecule has 1 saturated heterocycles. The van der Waals surface area contributed by atoms with E-state index in [1.54, 1.807) is 11.1 Å². The van der Waals surface area contributed by atoms with Crippen molar-refractivity contribution >= 4 is 11.7 Å². The number of carbonyl (C=O) groups excluding carboxylic acids is 1. The molecule has 1 N–H and O–H groups in total. The maximum absolute atomic E-state index is 11.6. The van der Waals surface area contributed by atoms with Crippen LogP contribution in [0.15, 0.2) is 24.4 Å². The molecule has 1 aromatic rings. The number of rotatable bonds is 1. The molecule has 0 unspecified atom stereocenters. The smallest absolute Gasteiger partial charge is 0.242 e. The fourth-order valence-electron chi connectivity index (χ4n) is 1.53. The van der Waals surface area contributed by atoms with Gasteiger partial charge in [0.2, 0.25) is 5.91 Å². The van der Waals surface area contributed by atoms with E-state index in [9.17, 15) is 4.79 Å². The molecule has 4 nitrogen and oxygen atoms in total. The molecule has 0 spiro atoms. The van der Waals surface area contributed by atoms with Gasteiger partial charge in [-0.15, -0.1) is 0 Å². The highest BCUT2D eigenvalue weighted by Crippen LogP contribution is 2.10. The number of hydrogen-bond donors (Lipinski definition) is 1. The Balaban J connectivity index is 2.19. The Kier molecular flexibility index (Phi) is 2.74. The molecule has 2 rings (SSSR count). The predicted molar refractivity (Wildman–Crippen MR) is 54.1 cm³/mol. The quantitative estimate of drug-likeness (QED) is 0.699. The van der Waals surface area contributed by atoms with Crippen LogP contribution in [0, 0.1) is 0 Å². The molecule has 0 bridgehead atoms. The molecule has 0 atom stereocenters. The lowest BCUT2D eigenvalue weighted by molar-refractivity contribution is -0.117. The third-order valence-electron chi connectivity index (χ3n) is 2.24. The minimum absolute atomic E-state index is 0.0983. The van der Waals surface area contributed by atoms with Crippen molar-refractivity contribution in [3.8, 4) is 0 Å². The van der Waals surface area contributed by atoms with Gasteiger partial charge in [0.05, 0.1) is 6.54 Å². The zero-order valence-corrected chi connectivity index (χ0v) is 7.94. The molecule has 1 amide bonds. The third kappa shape index (κ3) is 1.90. The number of carbonyl (C=O) groups is 1. The van der Waals surface area contributed by atoms with E-state index in [0.29, 0.717) is 6.54 Å². The standard InChI is InChI=1S/C10H13N3O/c14-10-8-11-5-3-7-13(10)9-4-1-2-6-12-9/h1-2,4,6,11H,3,5,7-8H2. The van der Waals surface area contributed by atoms with Gasteiger partial charge in [-0.2, -0.15) is 0 Å². The molecule has 1 fully saturated rings. The van der Waals surface area contributed by atoms with Crippen LogP contribution >= 0.6 is 0 Å². The van der Waals surface area contributed by atoms with Gasteiger partial charge in [0.25, 0.3) is 0 Å². The number of nitrogens with one attached hydrogen (secondary N) is 1. The Labute approximate surface area is 82.9 Å². The first-order valence-corrected chi connectivity index (χ1v) is 4.80. The first-order valence-electron chi connectivity index (χ1n) is 4.80. The normalized spacial score (nSPS) is 18.0. The molecule has 0 aliphatic carbocycles. The zero-order valence-electron chi connectivity index (χ0n) is 7.94. The van der Waals surface area contributed by atoms with Crippen molar-refractivity contribution in [2.45, 2.75) is 6.42 Å². The molecule has 0 aromatic carbocycles. The van der Waals surface area contributed by atoms with E-state index in [1.807, 2.05) is 18.2 Å². The van der Waals surface area contributed by atoms with E-state index in [0.717, 1.165) is 25.3 Å². The highest BCUT2D eigenvalue weighted by atomic mass is 16.2. The maximum Gasteiger partial charge on any atom is 0.242 e. The van der Waals surface area contributed by atoms with Gasteiger partial charge in [0.1, 0.15) is 5.82 Å². The largest absolute Gasteiger partial charge is 0.308 e. The summed E-state index contributed by atoms with van der Waals surface area (Å²) in [6.45, 7) is 2.06. The Morgan fingerprint density at radius 3 is 3.14 bits per heavy atom. The summed E-state index contributed by atoms with van der Waals surface area (Å²) in [6, 6.07) is 5.61. The second kappa shape index (κ2) is 4.19. The van der Waals surface area contributed by atoms with Crippen LogP contribution in [0.1, 0.15) is 6.42 Å². The van der Waals surface area contributed by atoms with Crippen LogP contribution in [0.2, 0.25) is 0 Å². The molecular weight excluding hydrogens is 178 g/mol. The second-order valence-corrected chi connectivity index (χ2v) is 3.26. The van der Waals surface area contributed by atoms with Gasteiger partial charge in [-0.3, -0.25) is 9.69 Å². The van der Waals surface area contributed by atoms with Crippen molar-refractivity contribution in [2.75, 3.05) is 24.5 Å². The molecule has 1 aliphatic rings. The van der Waals surface area contributed by atoms with Crippen molar-refractivity contribution < 1.29 is 4.79 Å². The van der Waals surface area contributed by atoms with Crippen molar-refractivity contribution in [2.24, 2.45) is 0 Å². The fraction of sp³-hybridized carbons (Fsp3) is 0.400. The predicted octanol–water partition coefficient (Wildman–Crippen LogP) is 0.408. The van der Waals surface area contributed by atoms with Crippen molar-refractivity contribution in [3.63, 3.8) is 0 Å². The van der Waals surface area contributed by atoms with Crippen LogP contribution in [0.5, 0.6) is 0 Å². The lowest BCUT2D eigenvalue weighted by atomic mass is 10.3. The molecule has 74 valence electrons. The average Bonchev–Trinajstić information content (AvgIpc) is 2.44. The highest BCUT2D eigenvalue weighted by Gasteiger charge is 2.18. The SMILES string of the molecule is O=C1CNCCCN1c1ccccn1. The summed E-state index contributed by atoms with van der Waals surface area (Å²) in [5.41, 5.74) is 0. The first-order chi connectivity index (χ1) is 6.88. The lowest BCUT2D eigenvalue weighted by Crippen LogP contribution is -2.35. The molecule has 2 heterocycles. The molecule has 0 radical (unpaired) electrons. The van der Waals surface area contributed by atoms with Crippen LogP contribution in [-0.4, -0.2) is 30.5 Å². The monoisotopic (exact) mass is 191 g/mol. The molecule has 14 heavy (non-hydrogen) atoms. The number of pyridine rings is 1. The number of aromatic nitrogens is 1. The maximum atomic E-state index is 11.6. The minimum atomic E-state index is 0.0983. The lowest BCUT2D eigenvalue weighted by Gasteiger charge is -2.18. The summed E-state index contributed by atoms with van der Waals surface area (Å²) in [6.07, 6.45) is 2.68. The number of amides is 1. The van der Waals surface area contributed by atoms with E-state index in [2.05, 4.69) is 10.3 Å². The minimum Gasteiger partial charge on any atom is -0.308 e. The summed E-state index contributed by atoms with van der Waals surface area (Å²) < 4.78 is 0. The van der Waals surface area contributed by atoms with Crippen LogP contribution in [0.3, 0.4) is 0 Å². The van der Waals surface area contributed by atoms with E-state index in [4.69, 9.17) is 0 Å². The average molecular weight is 191 g/mol. The number of anilines is 1. The van der Waals surface area contributed by atoms with Gasteiger partial charge < -0.3 is 5.32 Å². The summed E-state index contributed by atoms with van der Waals surface area (Å²) in [4.78, 5) is 17.5. The fourth-order valence-corrected chi connectivity index (χ4v) is 1.53. The van der Waals surface area contributed by atoms with Crippen LogP contribution in [-0.2, 0) is 4.79 Å². The van der Waals surface area contributed by atoms with Gasteiger partial charge in [0.15, 0.2) is 0 Å². The topological polar surface area (TPSA) is 45.2 Å². The third-order valence-corrected chi connectivity index (χ3v) is 2.24. The Morgan fingerprint density at radius 2 is 2.36 bits per heavy atom. The molecular formula is C10H13N3O. The van der Waals surface area contributed by atoms with E-state index in [1.165, 1.54) is 0 Å². The Morgan fingerprint density at radius 1 is 1.43 bits per heavy atom. The van der Waals surface area contributed by atoms with Crippen molar-refractivity contribution in [3.05, 3.63) is 24.4 Å². The van der Waals surface area contributed by atoms with Gasteiger partial charge in [-0.1, -0.05) is 6.07 Å². The molecule has 4 heteroatoms. The van der Waals surface area contributed by atoms with E-state index in [-0.39, 0.29) is 5.91 Å². The van der Waals surface area contributed by atoms with Gasteiger partial charge in [-0.25, -0.2) is 4.98 Å². The zero-order chi connectivity index (χ0) is 9.80. The van der Waals surface area contributed by atoms with Gasteiger partial charge >= 0.3 is 0 Å². The summed E-state index contributed by atoms with van der Waals surface area (Å²) in [7, 11) is 0. The van der Waals surface area contributed by atoms with Crippen molar-refractivity contribution in [1.82, 2.24) is 10.3 Å². The molecule has 1 aromatic heterocycles. The number of nitrogens with zero attached hydrogens (tertiary/aromatic N) is 2. The van der Waals surface area contributed by atoms with Crippen molar-refractivity contribution in [1.29, 1.82) is 0 Å². The summed E-state index contributed by atoms with van der Waals surface area (Å²) >= 11 is 0. The molecule has 1 aliphatic heterocycles. The van der Waals surface area contributed by atoms with Gasteiger partial charge in [0, 0.05) is 12.7 Å². The first kappa shape index (κ1) is 9.15. The van der Waals surface area contributed by atoms with Crippen LogP contribution < -0.4 is 10.2 Å². The Bertz CT molecular complexity index is 312. The summed E-state index contributed by atoms with van der Waals surface area (Å²) in [5, 5.41) is 3.08. The molecule has 0 saturated carbocycles. The highest BCUT2D eigenvalue weighted by molar-refractivity contribution is 5.94. The summed E-state index contributed by atoms with van der Waals surface area (Å²) in [5.74, 6) is 0.849. The number of hydrogen-bond acceptors (Lipinski definition) is 3. The van der Waals surface area contributed by atoms with Crippen LogP contribution in [0.25, 0.3) is 0 Å². The second-order valence-electron chi connectivity index (χ2n) is 3.26. The van der Waals surface area contributed by atoms with E-state index >= 15 is 0 Å².